The summed E-state index contributed by atoms with van der Waals surface area (Å²) < 4.78 is 0.810. The number of aliphatic hydroxyl groups excluding tert-OH is 2. The minimum atomic E-state index is -1.86. The molecule has 3 aromatic heterocycles. The number of benzene rings is 3. The van der Waals surface area contributed by atoms with Gasteiger partial charge >= 0.3 is 0 Å². The number of aliphatic hydroxyl groups is 2. The SMILES string of the molecule is CCCC[C@H]1C(=O)N(C)[C@@H](C)C(=O)N[C@@H](CCCNC(=N)N)C(=O)N[C@H](C(=O)NCC(N)=O)CSCC(=O)N[C@@H](Cc2ccc(O)cc2)C(=O)N(C)[C@@H](C)C(=O)N[C@H](CC(N)=O)C(=O)N2CCC[C@H]2C(=O)N[C@@H](Cc2cnc[nH]2)C(=O)N[C@@H](CO)C(=O)N2CCC[C@H]2C(=O)N[C@@H](Cc2c[nH]c3ccccc23)C(=O)N[C@@H](CO)C(=O)N[C@@H](Cc2csc3ccccc23)C(=O)N1C. The Morgan fingerprint density at radius 1 is 0.538 bits per heavy atom. The van der Waals surface area contributed by atoms with E-state index in [9.17, 15) is 72.9 Å². The minimum absolute atomic E-state index is 0.00814. The first-order valence-corrected chi connectivity index (χ1v) is 44.6. The summed E-state index contributed by atoms with van der Waals surface area (Å²) in [6.07, 6.45) is 3.23. The van der Waals surface area contributed by atoms with E-state index in [2.05, 4.69) is 73.4 Å². The molecule has 0 unspecified atom stereocenters. The Kier molecular flexibility index (Phi) is 36.8. The molecule has 130 heavy (non-hydrogen) atoms. The molecular weight excluding hydrogens is 1730 g/mol. The largest absolute Gasteiger partial charge is 0.508 e. The molecule has 0 aliphatic carbocycles. The number of amides is 17. The molecule has 14 atom stereocenters. The predicted molar refractivity (Wildman–Crippen MR) is 476 cm³/mol. The van der Waals surface area contributed by atoms with Crippen LogP contribution < -0.4 is 75.7 Å². The number of likely N-dealkylation sites (N-methyl/N-ethyl adjacent to an activating group) is 3. The number of thiophene rings is 1. The number of primary amides is 2. The van der Waals surface area contributed by atoms with Gasteiger partial charge in [0.2, 0.25) is 100 Å². The first-order chi connectivity index (χ1) is 62.0. The van der Waals surface area contributed by atoms with E-state index < -0.39 is 229 Å². The lowest BCUT2D eigenvalue weighted by Gasteiger charge is -2.35. The molecule has 23 N–H and O–H groups in total. The van der Waals surface area contributed by atoms with Gasteiger partial charge in [-0.25, -0.2) is 4.98 Å². The first kappa shape index (κ1) is 100. The highest BCUT2D eigenvalue weighted by molar-refractivity contribution is 8.00. The Balaban J connectivity index is 1.07. The zero-order chi connectivity index (χ0) is 94.7. The average Bonchev–Trinajstić information content (AvgIpc) is 1.60. The molecule has 6 aromatic rings. The van der Waals surface area contributed by atoms with Gasteiger partial charge in [0.05, 0.1) is 38.3 Å². The molecule has 3 aliphatic heterocycles. The normalized spacial score (nSPS) is 24.6. The maximum Gasteiger partial charge on any atom is 0.248 e. The van der Waals surface area contributed by atoms with Crippen molar-refractivity contribution in [2.45, 2.75) is 195 Å². The van der Waals surface area contributed by atoms with E-state index in [-0.39, 0.29) is 102 Å². The smallest absolute Gasteiger partial charge is 0.248 e. The lowest BCUT2D eigenvalue weighted by Crippen LogP contribution is -2.62. The third kappa shape index (κ3) is 27.1. The number of guanidine groups is 1. The molecule has 45 heteroatoms. The maximum atomic E-state index is 15.6. The number of nitrogens with two attached hydrogens (primary N) is 3. The van der Waals surface area contributed by atoms with Crippen LogP contribution in [0.1, 0.15) is 107 Å². The van der Waals surface area contributed by atoms with Gasteiger partial charge < -0.3 is 125 Å². The van der Waals surface area contributed by atoms with Crippen molar-refractivity contribution in [3.63, 3.8) is 0 Å². The number of fused-ring (bicyclic) bond motifs is 4. The second kappa shape index (κ2) is 47.7. The van der Waals surface area contributed by atoms with Gasteiger partial charge in [0.1, 0.15) is 90.3 Å². The van der Waals surface area contributed by atoms with Crippen molar-refractivity contribution in [3.8, 4) is 5.75 Å². The Labute approximate surface area is 756 Å². The zero-order valence-corrected chi connectivity index (χ0v) is 74.5. The van der Waals surface area contributed by atoms with Crippen molar-refractivity contribution < 1.29 is 96.8 Å². The number of nitrogens with zero attached hydrogens (tertiary/aromatic N) is 6. The van der Waals surface area contributed by atoms with E-state index in [1.807, 2.05) is 19.1 Å². The zero-order valence-electron chi connectivity index (χ0n) is 72.9. The Hall–Kier alpha value is -13.3. The number of aromatic hydroxyl groups is 1. The molecule has 17 amide bonds. The van der Waals surface area contributed by atoms with E-state index in [0.29, 0.717) is 45.8 Å². The van der Waals surface area contributed by atoms with Gasteiger partial charge in [0, 0.05) is 106 Å². The summed E-state index contributed by atoms with van der Waals surface area (Å²) in [5, 5.41) is 71.6. The number of aromatic nitrogens is 3. The summed E-state index contributed by atoms with van der Waals surface area (Å²) in [5.74, 6) is -18.0. The van der Waals surface area contributed by atoms with Crippen LogP contribution in [0.5, 0.6) is 5.75 Å². The predicted octanol–water partition coefficient (Wildman–Crippen LogP) is -4.39. The van der Waals surface area contributed by atoms with Crippen LogP contribution in [0.3, 0.4) is 0 Å². The van der Waals surface area contributed by atoms with E-state index >= 15 is 24.0 Å². The van der Waals surface area contributed by atoms with Crippen molar-refractivity contribution in [2.75, 3.05) is 72.0 Å². The Bertz CT molecular complexity index is 5090. The molecule has 9 rings (SSSR count). The fourth-order valence-electron chi connectivity index (χ4n) is 15.5. The molecule has 3 aromatic carbocycles. The summed E-state index contributed by atoms with van der Waals surface area (Å²) >= 11 is 2.09. The van der Waals surface area contributed by atoms with Gasteiger partial charge in [-0.05, 0) is 111 Å². The van der Waals surface area contributed by atoms with Crippen LogP contribution >= 0.6 is 23.1 Å². The number of imidazole rings is 1. The number of nitrogens with one attached hydrogen (secondary N) is 14. The number of para-hydroxylation sites is 1. The average molecular weight is 1840 g/mol. The molecular formula is C85H115N23O20S2. The Morgan fingerprint density at radius 3 is 1.68 bits per heavy atom. The fraction of sp³-hybridized carbons (Fsp3) is 0.494. The number of unbranched alkanes of at least 4 members (excludes halogenated alkanes) is 1. The van der Waals surface area contributed by atoms with Gasteiger partial charge in [0.15, 0.2) is 5.96 Å². The number of hydrogen-bond donors (Lipinski definition) is 20. The number of hydrogen-bond acceptors (Lipinski definition) is 24. The van der Waals surface area contributed by atoms with Crippen LogP contribution in [0.15, 0.2) is 96.9 Å². The van der Waals surface area contributed by atoms with E-state index in [0.717, 1.165) is 41.0 Å². The van der Waals surface area contributed by atoms with Gasteiger partial charge in [-0.1, -0.05) is 68.3 Å². The summed E-state index contributed by atoms with van der Waals surface area (Å²) in [6, 6.07) is -2.26. The van der Waals surface area contributed by atoms with Crippen LogP contribution in [-0.4, -0.2) is 318 Å². The number of phenolic OH excluding ortho intramolecular Hbond substituents is 1. The maximum absolute atomic E-state index is 15.6. The topological polar surface area (TPSA) is 646 Å². The quantitative estimate of drug-likeness (QED) is 0.0173. The number of thioether (sulfide) groups is 1. The van der Waals surface area contributed by atoms with Crippen LogP contribution in [0.25, 0.3) is 21.0 Å². The van der Waals surface area contributed by atoms with Crippen LogP contribution in [0, 0.1) is 5.41 Å². The highest BCUT2D eigenvalue weighted by Crippen LogP contribution is 2.29. The summed E-state index contributed by atoms with van der Waals surface area (Å²) in [5.41, 5.74) is 19.0. The number of H-pyrrole nitrogens is 2. The van der Waals surface area contributed by atoms with E-state index in [4.69, 9.17) is 22.6 Å². The van der Waals surface area contributed by atoms with Gasteiger partial charge in [-0.3, -0.25) is 86.9 Å². The van der Waals surface area contributed by atoms with Gasteiger partial charge in [0.25, 0.3) is 0 Å². The van der Waals surface area contributed by atoms with E-state index in [1.54, 1.807) is 48.0 Å². The second-order valence-electron chi connectivity index (χ2n) is 32.2. The van der Waals surface area contributed by atoms with Crippen molar-refractivity contribution in [2.24, 2.45) is 17.2 Å². The third-order valence-corrected chi connectivity index (χ3v) is 25.1. The molecule has 702 valence electrons. The number of aromatic amines is 2. The Morgan fingerprint density at radius 2 is 1.08 bits per heavy atom. The summed E-state index contributed by atoms with van der Waals surface area (Å²) in [6.45, 7) is 1.30. The molecule has 0 bridgehead atoms. The number of carbonyl (C=O) groups is 17. The number of carbonyl (C=O) groups excluding carboxylic acids is 17. The first-order valence-electron chi connectivity index (χ1n) is 42.6. The molecule has 43 nitrogen and oxygen atoms in total. The standard InChI is InChI=1S/C85H115N23O20S2/c1-7-8-20-66-84(128)105(5)46(3)71(115)96-55(19-13-28-91-85(88)89)74(118)103-63(73(117)93-38-69(87)113)42-129-43-70(114)95-58(31-47-24-26-51(111)27-25-47)80(124)104(4)45(2)72(116)99-60(35-68(86)112)82(126)107-29-14-21-64(107)79(123)98-57(34-50-37-90-44-94-50)76(120)102-62(40-110)83(127)108-30-15-22-65(108)78(122)97-56(32-48-36-92-54-18-11-9-16-52(48)54)75(119)101-61(39-109)77(121)100-59(81(125)106(66)6)33-49-41-130-67-23-12-10-17-53(49)67/h9-12,16-18,23-27,36-37,41,44-46,55-66,92,109-111H,7-8,13-15,19-22,28-35,38-40,42-43H2,1-6H3,(H2,86,112)(H2,87,113)(H,90,94)(H,93,117)(H,95,114)(H,96,115)(H,97,122)(H,98,123)(H,99,116)(H,100,121)(H,101,119)(H,102,120)(H,103,118)(H4,88,89,91)/t45-,46-,55-,56-,57-,58-,59-,60+,61-,62-,63-,64-,65-,66-/m0/s1. The molecule has 6 heterocycles. The van der Waals surface area contributed by atoms with Crippen molar-refractivity contribution in [3.05, 3.63) is 119 Å². The van der Waals surface area contributed by atoms with E-state index in [1.165, 1.54) is 83.1 Å². The van der Waals surface area contributed by atoms with Crippen molar-refractivity contribution in [1.82, 2.24) is 97.9 Å². The lowest BCUT2D eigenvalue weighted by atomic mass is 10.0. The number of phenols is 1. The van der Waals surface area contributed by atoms with Crippen molar-refractivity contribution in [1.29, 1.82) is 5.41 Å². The third-order valence-electron chi connectivity index (χ3n) is 23.0. The number of rotatable bonds is 22. The van der Waals surface area contributed by atoms with Gasteiger partial charge in [-0.15, -0.1) is 23.1 Å². The monoisotopic (exact) mass is 1840 g/mol. The summed E-state index contributed by atoms with van der Waals surface area (Å²) in [7, 11) is 3.82. The fourth-order valence-corrected chi connectivity index (χ4v) is 17.3. The minimum Gasteiger partial charge on any atom is -0.508 e. The summed E-state index contributed by atoms with van der Waals surface area (Å²) in [4.78, 5) is 262. The van der Waals surface area contributed by atoms with Crippen LogP contribution in [0.2, 0.25) is 0 Å². The molecule has 0 saturated carbocycles. The van der Waals surface area contributed by atoms with Gasteiger partial charge in [-0.2, -0.15) is 0 Å². The highest BCUT2D eigenvalue weighted by Gasteiger charge is 2.45. The lowest BCUT2D eigenvalue weighted by molar-refractivity contribution is -0.149. The molecule has 3 fully saturated rings. The molecule has 3 aliphatic rings. The molecule has 3 saturated heterocycles. The molecule has 0 radical (unpaired) electrons. The molecule has 0 spiro atoms. The van der Waals surface area contributed by atoms with Crippen LogP contribution in [-0.2, 0) is 107 Å². The van der Waals surface area contributed by atoms with Crippen LogP contribution in [0.4, 0.5) is 0 Å². The second-order valence-corrected chi connectivity index (χ2v) is 34.2. The highest BCUT2D eigenvalue weighted by atomic mass is 32.2. The van der Waals surface area contributed by atoms with Crippen molar-refractivity contribution >= 4 is 150 Å².